The highest BCUT2D eigenvalue weighted by Gasteiger charge is 2.14. The van der Waals surface area contributed by atoms with Crippen molar-refractivity contribution in [3.05, 3.63) is 0 Å². The molecular formula is C6H12N2O3S. The summed E-state index contributed by atoms with van der Waals surface area (Å²) >= 11 is 3.79. The monoisotopic (exact) mass is 192 g/mol. The van der Waals surface area contributed by atoms with Crippen molar-refractivity contribution in [3.63, 3.8) is 0 Å². The second kappa shape index (κ2) is 5.84. The first-order valence-electron chi connectivity index (χ1n) is 3.49. The number of hydrogen-bond acceptors (Lipinski definition) is 4. The van der Waals surface area contributed by atoms with Gasteiger partial charge in [0.25, 0.3) is 0 Å². The van der Waals surface area contributed by atoms with Gasteiger partial charge in [0.1, 0.15) is 6.04 Å². The highest BCUT2D eigenvalue weighted by Crippen LogP contribution is 1.85. The van der Waals surface area contributed by atoms with Crippen molar-refractivity contribution >= 4 is 24.5 Å². The summed E-state index contributed by atoms with van der Waals surface area (Å²) in [6.45, 7) is 1.67. The molecule has 0 radical (unpaired) electrons. The van der Waals surface area contributed by atoms with E-state index in [9.17, 15) is 9.59 Å². The van der Waals surface area contributed by atoms with Crippen molar-refractivity contribution in [1.29, 1.82) is 0 Å². The molecule has 6 heteroatoms. The topological polar surface area (TPSA) is 78.4 Å². The quantitative estimate of drug-likeness (QED) is 0.346. The molecule has 1 amide bonds. The zero-order valence-corrected chi connectivity index (χ0v) is 7.60. The van der Waals surface area contributed by atoms with Crippen molar-refractivity contribution in [1.82, 2.24) is 10.9 Å². The molecule has 1 atom stereocenters. The zero-order chi connectivity index (χ0) is 9.56. The third kappa shape index (κ3) is 4.20. The summed E-state index contributed by atoms with van der Waals surface area (Å²) in [7, 11) is 0. The fourth-order valence-electron chi connectivity index (χ4n) is 0.441. The Bertz CT molecular complexity index is 174. The van der Waals surface area contributed by atoms with E-state index in [2.05, 4.69) is 23.5 Å². The highest BCUT2D eigenvalue weighted by molar-refractivity contribution is 7.80. The van der Waals surface area contributed by atoms with Crippen LogP contribution in [0.25, 0.3) is 0 Å². The van der Waals surface area contributed by atoms with E-state index in [-0.39, 0.29) is 11.7 Å². The molecule has 0 saturated heterocycles. The number of carbonyl (C=O) groups is 2. The number of nitrogens with one attached hydrogen (secondary N) is 2. The number of carboxylic acid groups (broad SMARTS) is 1. The van der Waals surface area contributed by atoms with Gasteiger partial charge in [0.05, 0.1) is 0 Å². The zero-order valence-electron chi connectivity index (χ0n) is 6.70. The molecule has 0 aromatic heterocycles. The second-order valence-corrected chi connectivity index (χ2v) is 2.48. The standard InChI is InChI=1S/C6H12N2O3S/c1-2-5(9)8-7-4(3-12)6(10)11/h4,7,12H,2-3H2,1H3,(H,8,9)(H,10,11). The lowest BCUT2D eigenvalue weighted by Crippen LogP contribution is -2.48. The molecule has 0 rings (SSSR count). The van der Waals surface area contributed by atoms with Crippen LogP contribution in [0, 0.1) is 0 Å². The van der Waals surface area contributed by atoms with Crippen LogP contribution in [-0.2, 0) is 9.59 Å². The van der Waals surface area contributed by atoms with E-state index in [1.807, 2.05) is 0 Å². The van der Waals surface area contributed by atoms with Crippen molar-refractivity contribution in [3.8, 4) is 0 Å². The Labute approximate surface area is 75.9 Å². The summed E-state index contributed by atoms with van der Waals surface area (Å²) < 4.78 is 0. The molecule has 0 saturated carbocycles. The summed E-state index contributed by atoms with van der Waals surface area (Å²) in [4.78, 5) is 21.0. The van der Waals surface area contributed by atoms with Gasteiger partial charge in [-0.15, -0.1) is 0 Å². The van der Waals surface area contributed by atoms with Gasteiger partial charge in [0.2, 0.25) is 5.91 Å². The van der Waals surface area contributed by atoms with Gasteiger partial charge in [-0.3, -0.25) is 15.0 Å². The lowest BCUT2D eigenvalue weighted by atomic mass is 10.4. The van der Waals surface area contributed by atoms with E-state index >= 15 is 0 Å². The maximum absolute atomic E-state index is 10.7. The summed E-state index contributed by atoms with van der Waals surface area (Å²) in [5, 5.41) is 8.50. The van der Waals surface area contributed by atoms with Gasteiger partial charge in [-0.25, -0.2) is 5.43 Å². The predicted octanol–water partition coefficient (Wildman–Crippen LogP) is -0.600. The minimum atomic E-state index is -1.04. The number of rotatable bonds is 5. The van der Waals surface area contributed by atoms with E-state index in [4.69, 9.17) is 5.11 Å². The second-order valence-electron chi connectivity index (χ2n) is 2.12. The number of carbonyl (C=O) groups excluding carboxylic acids is 1. The van der Waals surface area contributed by atoms with Crippen LogP contribution >= 0.6 is 12.6 Å². The largest absolute Gasteiger partial charge is 0.480 e. The van der Waals surface area contributed by atoms with Crippen molar-refractivity contribution in [2.24, 2.45) is 0 Å². The molecule has 0 aromatic carbocycles. The molecule has 0 aliphatic carbocycles. The van der Waals surface area contributed by atoms with Crippen LogP contribution in [0.4, 0.5) is 0 Å². The summed E-state index contributed by atoms with van der Waals surface area (Å²) in [5.74, 6) is -1.16. The molecule has 0 aromatic rings. The molecule has 0 aliphatic rings. The van der Waals surface area contributed by atoms with Crippen LogP contribution in [-0.4, -0.2) is 28.8 Å². The van der Waals surface area contributed by atoms with Crippen molar-refractivity contribution in [2.45, 2.75) is 19.4 Å². The van der Waals surface area contributed by atoms with E-state index < -0.39 is 12.0 Å². The van der Waals surface area contributed by atoms with E-state index in [0.717, 1.165) is 0 Å². The maximum Gasteiger partial charge on any atom is 0.323 e. The van der Waals surface area contributed by atoms with Gasteiger partial charge >= 0.3 is 5.97 Å². The summed E-state index contributed by atoms with van der Waals surface area (Å²) in [5.41, 5.74) is 4.59. The smallest absolute Gasteiger partial charge is 0.323 e. The summed E-state index contributed by atoms with van der Waals surface area (Å²) in [6.07, 6.45) is 0.311. The minimum Gasteiger partial charge on any atom is -0.480 e. The van der Waals surface area contributed by atoms with Gasteiger partial charge in [-0.2, -0.15) is 12.6 Å². The number of hydrogen-bond donors (Lipinski definition) is 4. The first kappa shape index (κ1) is 11.2. The van der Waals surface area contributed by atoms with Gasteiger partial charge in [0.15, 0.2) is 0 Å². The molecule has 0 heterocycles. The first-order valence-corrected chi connectivity index (χ1v) is 4.13. The number of aliphatic carboxylic acids is 1. The van der Waals surface area contributed by atoms with Crippen LogP contribution in [0.1, 0.15) is 13.3 Å². The molecule has 0 aliphatic heterocycles. The molecule has 5 nitrogen and oxygen atoms in total. The first-order chi connectivity index (χ1) is 5.61. The van der Waals surface area contributed by atoms with Crippen molar-refractivity contribution < 1.29 is 14.7 Å². The third-order valence-corrected chi connectivity index (χ3v) is 1.55. The fourth-order valence-corrected chi connectivity index (χ4v) is 0.689. The number of carboxylic acids is 1. The van der Waals surface area contributed by atoms with Crippen LogP contribution in [0.15, 0.2) is 0 Å². The summed E-state index contributed by atoms with van der Waals surface area (Å²) in [6, 6.07) is -0.844. The molecular weight excluding hydrogens is 180 g/mol. The Kier molecular flexibility index (Phi) is 5.48. The molecule has 1 unspecified atom stereocenters. The molecule has 0 bridgehead atoms. The fraction of sp³-hybridized carbons (Fsp3) is 0.667. The number of amides is 1. The van der Waals surface area contributed by atoms with Gasteiger partial charge in [-0.05, 0) is 0 Å². The van der Waals surface area contributed by atoms with E-state index in [1.54, 1.807) is 6.92 Å². The maximum atomic E-state index is 10.7. The molecule has 70 valence electrons. The van der Waals surface area contributed by atoms with Gasteiger partial charge in [0, 0.05) is 12.2 Å². The minimum absolute atomic E-state index is 0.124. The van der Waals surface area contributed by atoms with Crippen molar-refractivity contribution in [2.75, 3.05) is 5.75 Å². The average molecular weight is 192 g/mol. The molecule has 0 fully saturated rings. The Hall–Kier alpha value is -0.750. The van der Waals surface area contributed by atoms with Gasteiger partial charge in [-0.1, -0.05) is 6.92 Å². The lowest BCUT2D eigenvalue weighted by Gasteiger charge is -2.11. The highest BCUT2D eigenvalue weighted by atomic mass is 32.1. The van der Waals surface area contributed by atoms with E-state index in [1.165, 1.54) is 0 Å². The van der Waals surface area contributed by atoms with E-state index in [0.29, 0.717) is 6.42 Å². The lowest BCUT2D eigenvalue weighted by molar-refractivity contribution is -0.139. The van der Waals surface area contributed by atoms with Crippen LogP contribution in [0.3, 0.4) is 0 Å². The average Bonchev–Trinajstić information content (AvgIpc) is 2.04. The van der Waals surface area contributed by atoms with Gasteiger partial charge < -0.3 is 5.11 Å². The number of thiol groups is 1. The Morgan fingerprint density at radius 2 is 2.17 bits per heavy atom. The number of hydrazine groups is 1. The molecule has 0 spiro atoms. The van der Waals surface area contributed by atoms with Crippen LogP contribution < -0.4 is 10.9 Å². The Morgan fingerprint density at radius 3 is 2.50 bits per heavy atom. The van der Waals surface area contributed by atoms with Crippen LogP contribution in [0.2, 0.25) is 0 Å². The normalized spacial score (nSPS) is 12.2. The van der Waals surface area contributed by atoms with Crippen LogP contribution in [0.5, 0.6) is 0 Å². The SMILES string of the molecule is CCC(=O)NNC(CS)C(=O)O. The molecule has 3 N–H and O–H groups in total. The third-order valence-electron chi connectivity index (χ3n) is 1.19. The Balaban J connectivity index is 3.73. The predicted molar refractivity (Wildman–Crippen MR) is 46.8 cm³/mol. The Morgan fingerprint density at radius 1 is 1.58 bits per heavy atom. The molecule has 12 heavy (non-hydrogen) atoms.